The highest BCUT2D eigenvalue weighted by Crippen LogP contribution is 2.29. The quantitative estimate of drug-likeness (QED) is 0.463. The highest BCUT2D eigenvalue weighted by Gasteiger charge is 2.19. The van der Waals surface area contributed by atoms with Crippen LogP contribution in [0.15, 0.2) is 48.5 Å². The smallest absolute Gasteiger partial charge is 0.118 e. The van der Waals surface area contributed by atoms with E-state index in [1.165, 1.54) is 0 Å². The minimum Gasteiger partial charge on any atom is -0.497 e. The third kappa shape index (κ3) is 8.47. The SMILES string of the molecule is COCCN(CCOC)CC(O)COC(c1ccc(OC)cc1)c1ccc(OC)cc1. The van der Waals surface area contributed by atoms with Gasteiger partial charge in [-0.05, 0) is 35.4 Å². The summed E-state index contributed by atoms with van der Waals surface area (Å²) in [5.74, 6) is 1.56. The van der Waals surface area contributed by atoms with Crippen LogP contribution >= 0.6 is 0 Å². The second-order valence-corrected chi connectivity index (χ2v) is 7.20. The molecule has 1 N–H and O–H groups in total. The Morgan fingerprint density at radius 2 is 1.19 bits per heavy atom. The van der Waals surface area contributed by atoms with Gasteiger partial charge in [0, 0.05) is 33.9 Å². The zero-order valence-electron chi connectivity index (χ0n) is 19.0. The van der Waals surface area contributed by atoms with Gasteiger partial charge in [-0.25, -0.2) is 0 Å². The van der Waals surface area contributed by atoms with E-state index in [9.17, 15) is 5.11 Å². The fourth-order valence-corrected chi connectivity index (χ4v) is 3.24. The first-order valence-electron chi connectivity index (χ1n) is 10.4. The van der Waals surface area contributed by atoms with Crippen molar-refractivity contribution in [2.24, 2.45) is 0 Å². The molecule has 0 bridgehead atoms. The number of aliphatic hydroxyl groups is 1. The predicted octanol–water partition coefficient (Wildman–Crippen LogP) is 2.77. The van der Waals surface area contributed by atoms with Crippen LogP contribution in [0.3, 0.4) is 0 Å². The summed E-state index contributed by atoms with van der Waals surface area (Å²) >= 11 is 0. The van der Waals surface area contributed by atoms with Crippen LogP contribution < -0.4 is 9.47 Å². The van der Waals surface area contributed by atoms with Gasteiger partial charge in [0.1, 0.15) is 17.6 Å². The first-order chi connectivity index (χ1) is 15.1. The summed E-state index contributed by atoms with van der Waals surface area (Å²) in [6, 6.07) is 15.5. The van der Waals surface area contributed by atoms with Crippen LogP contribution in [0.25, 0.3) is 0 Å². The third-order valence-electron chi connectivity index (χ3n) is 4.98. The van der Waals surface area contributed by atoms with Crippen molar-refractivity contribution in [3.8, 4) is 11.5 Å². The molecule has 31 heavy (non-hydrogen) atoms. The molecule has 0 fully saturated rings. The number of nitrogens with zero attached hydrogens (tertiary/aromatic N) is 1. The Hall–Kier alpha value is -2.16. The molecule has 0 radical (unpaired) electrons. The molecule has 0 amide bonds. The van der Waals surface area contributed by atoms with Crippen LogP contribution in [0.4, 0.5) is 0 Å². The molecule has 172 valence electrons. The van der Waals surface area contributed by atoms with Crippen LogP contribution in [-0.4, -0.2) is 84.0 Å². The summed E-state index contributed by atoms with van der Waals surface area (Å²) in [6.45, 7) is 3.30. The summed E-state index contributed by atoms with van der Waals surface area (Å²) in [5.41, 5.74) is 1.96. The van der Waals surface area contributed by atoms with E-state index in [1.54, 1.807) is 28.4 Å². The highest BCUT2D eigenvalue weighted by atomic mass is 16.5. The average Bonchev–Trinajstić information content (AvgIpc) is 2.81. The minimum atomic E-state index is -0.646. The lowest BCUT2D eigenvalue weighted by atomic mass is 10.0. The van der Waals surface area contributed by atoms with Crippen molar-refractivity contribution >= 4 is 0 Å². The lowest BCUT2D eigenvalue weighted by molar-refractivity contribution is -0.0136. The van der Waals surface area contributed by atoms with Crippen molar-refractivity contribution in [2.75, 3.05) is 67.9 Å². The fourth-order valence-electron chi connectivity index (χ4n) is 3.24. The van der Waals surface area contributed by atoms with Crippen LogP contribution in [-0.2, 0) is 14.2 Å². The van der Waals surface area contributed by atoms with Crippen molar-refractivity contribution in [2.45, 2.75) is 12.2 Å². The van der Waals surface area contributed by atoms with Gasteiger partial charge in [0.2, 0.25) is 0 Å². The highest BCUT2D eigenvalue weighted by molar-refractivity contribution is 5.36. The number of hydrogen-bond acceptors (Lipinski definition) is 7. The molecule has 7 heteroatoms. The van der Waals surface area contributed by atoms with Gasteiger partial charge < -0.3 is 28.8 Å². The molecule has 2 aromatic carbocycles. The van der Waals surface area contributed by atoms with Gasteiger partial charge in [0.25, 0.3) is 0 Å². The van der Waals surface area contributed by atoms with E-state index in [1.807, 2.05) is 48.5 Å². The Morgan fingerprint density at radius 3 is 1.58 bits per heavy atom. The normalized spacial score (nSPS) is 12.4. The van der Waals surface area contributed by atoms with Gasteiger partial charge in [0.05, 0.1) is 40.1 Å². The largest absolute Gasteiger partial charge is 0.497 e. The van der Waals surface area contributed by atoms with Gasteiger partial charge in [0.15, 0.2) is 0 Å². The summed E-state index contributed by atoms with van der Waals surface area (Å²) in [7, 11) is 6.62. The number of hydrogen-bond donors (Lipinski definition) is 1. The average molecular weight is 434 g/mol. The molecule has 0 saturated carbocycles. The molecule has 7 nitrogen and oxygen atoms in total. The Balaban J connectivity index is 2.08. The number of ether oxygens (including phenoxy) is 5. The zero-order chi connectivity index (χ0) is 22.5. The molecule has 1 unspecified atom stereocenters. The minimum absolute atomic E-state index is 0.194. The molecule has 0 spiro atoms. The van der Waals surface area contributed by atoms with Gasteiger partial charge in [-0.2, -0.15) is 0 Å². The topological polar surface area (TPSA) is 69.6 Å². The van der Waals surface area contributed by atoms with Crippen molar-refractivity contribution in [3.63, 3.8) is 0 Å². The molecule has 1 atom stereocenters. The lowest BCUT2D eigenvalue weighted by Gasteiger charge is -2.26. The molecular formula is C24H35NO6. The molecule has 0 heterocycles. The van der Waals surface area contributed by atoms with E-state index in [0.29, 0.717) is 19.8 Å². The molecule has 0 aromatic heterocycles. The molecule has 0 saturated heterocycles. The van der Waals surface area contributed by atoms with Gasteiger partial charge in [-0.15, -0.1) is 0 Å². The molecular weight excluding hydrogens is 398 g/mol. The molecule has 2 rings (SSSR count). The monoisotopic (exact) mass is 433 g/mol. The van der Waals surface area contributed by atoms with E-state index < -0.39 is 6.10 Å². The van der Waals surface area contributed by atoms with E-state index in [0.717, 1.165) is 35.7 Å². The van der Waals surface area contributed by atoms with Gasteiger partial charge >= 0.3 is 0 Å². The Kier molecular flexibility index (Phi) is 11.3. The van der Waals surface area contributed by atoms with Gasteiger partial charge in [-0.3, -0.25) is 4.90 Å². The van der Waals surface area contributed by atoms with E-state index in [2.05, 4.69) is 4.90 Å². The van der Waals surface area contributed by atoms with Gasteiger partial charge in [-0.1, -0.05) is 24.3 Å². The lowest BCUT2D eigenvalue weighted by Crippen LogP contribution is -2.39. The summed E-state index contributed by atoms with van der Waals surface area (Å²) in [4.78, 5) is 2.11. The first-order valence-corrected chi connectivity index (χ1v) is 10.4. The van der Waals surface area contributed by atoms with Crippen LogP contribution in [0.1, 0.15) is 17.2 Å². The number of benzene rings is 2. The number of rotatable bonds is 15. The van der Waals surface area contributed by atoms with Crippen LogP contribution in [0.5, 0.6) is 11.5 Å². The first kappa shape index (κ1) is 25.1. The maximum Gasteiger partial charge on any atom is 0.118 e. The van der Waals surface area contributed by atoms with E-state index >= 15 is 0 Å². The van der Waals surface area contributed by atoms with Crippen molar-refractivity contribution in [1.29, 1.82) is 0 Å². The Labute approximate surface area is 185 Å². The summed E-state index contributed by atoms with van der Waals surface area (Å²) < 4.78 is 27.1. The van der Waals surface area contributed by atoms with Crippen LogP contribution in [0, 0.1) is 0 Å². The second kappa shape index (κ2) is 14.0. The number of methoxy groups -OCH3 is 4. The molecule has 2 aromatic rings. The Bertz CT molecular complexity index is 666. The second-order valence-electron chi connectivity index (χ2n) is 7.20. The van der Waals surface area contributed by atoms with Crippen molar-refractivity contribution in [3.05, 3.63) is 59.7 Å². The maximum absolute atomic E-state index is 10.6. The van der Waals surface area contributed by atoms with Crippen molar-refractivity contribution < 1.29 is 28.8 Å². The molecule has 0 aliphatic carbocycles. The molecule has 0 aliphatic heterocycles. The standard InChI is InChI=1S/C24H35NO6/c1-27-15-13-25(14-16-28-2)17-21(26)18-31-24(19-5-9-22(29-3)10-6-19)20-7-11-23(30-4)12-8-20/h5-12,21,24,26H,13-18H2,1-4H3. The Morgan fingerprint density at radius 1 is 0.742 bits per heavy atom. The van der Waals surface area contributed by atoms with E-state index in [-0.39, 0.29) is 12.7 Å². The van der Waals surface area contributed by atoms with Crippen molar-refractivity contribution in [1.82, 2.24) is 4.90 Å². The zero-order valence-corrected chi connectivity index (χ0v) is 19.0. The summed E-state index contributed by atoms with van der Waals surface area (Å²) in [6.07, 6.45) is -0.967. The number of aliphatic hydroxyl groups excluding tert-OH is 1. The third-order valence-corrected chi connectivity index (χ3v) is 4.98. The molecule has 0 aliphatic rings. The van der Waals surface area contributed by atoms with E-state index in [4.69, 9.17) is 23.7 Å². The predicted molar refractivity (Wildman–Crippen MR) is 120 cm³/mol. The fraction of sp³-hybridized carbons (Fsp3) is 0.500. The summed E-state index contributed by atoms with van der Waals surface area (Å²) in [5, 5.41) is 10.6. The maximum atomic E-state index is 10.6. The van der Waals surface area contributed by atoms with Crippen LogP contribution in [0.2, 0.25) is 0 Å².